The highest BCUT2D eigenvalue weighted by atomic mass is 16.4. The van der Waals surface area contributed by atoms with Crippen LogP contribution in [-0.4, -0.2) is 38.8 Å². The maximum absolute atomic E-state index is 10.9. The van der Waals surface area contributed by atoms with Crippen molar-refractivity contribution in [2.75, 3.05) is 11.4 Å². The van der Waals surface area contributed by atoms with Crippen LogP contribution in [-0.2, 0) is 4.79 Å². The molecule has 19 heavy (non-hydrogen) atoms. The van der Waals surface area contributed by atoms with Crippen LogP contribution in [0.25, 0.3) is 11.0 Å². The first kappa shape index (κ1) is 13.2. The molecule has 6 heteroatoms. The van der Waals surface area contributed by atoms with E-state index >= 15 is 0 Å². The normalized spacial score (nSPS) is 12.3. The Balaban J connectivity index is 2.40. The van der Waals surface area contributed by atoms with Crippen LogP contribution in [0.2, 0.25) is 0 Å². The largest absolute Gasteiger partial charge is 0.480 e. The van der Waals surface area contributed by atoms with Crippen LogP contribution in [0.3, 0.4) is 0 Å². The molecule has 0 saturated heterocycles. The molecule has 6 nitrogen and oxygen atoms in total. The Kier molecular flexibility index (Phi) is 3.89. The lowest BCUT2D eigenvalue weighted by molar-refractivity contribution is -0.135. The molecule has 0 fully saturated rings. The number of para-hydroxylation sites is 1. The van der Waals surface area contributed by atoms with Crippen LogP contribution in [0.5, 0.6) is 0 Å². The van der Waals surface area contributed by atoms with E-state index in [9.17, 15) is 4.79 Å². The topological polar surface area (TPSA) is 79.2 Å². The number of fused-ring (bicyclic) bond motifs is 1. The monoisotopic (exact) mass is 260 g/mol. The van der Waals surface area contributed by atoms with Gasteiger partial charge in [0, 0.05) is 6.04 Å². The lowest BCUT2D eigenvalue weighted by Crippen LogP contribution is -2.38. The van der Waals surface area contributed by atoms with Gasteiger partial charge in [-0.1, -0.05) is 19.1 Å². The quantitative estimate of drug-likeness (QED) is 0.881. The zero-order valence-electron chi connectivity index (χ0n) is 10.9. The van der Waals surface area contributed by atoms with E-state index in [1.807, 2.05) is 38.1 Å². The van der Waals surface area contributed by atoms with Crippen molar-refractivity contribution >= 4 is 23.0 Å². The number of nitrogens with zero attached hydrogens (tertiary/aromatic N) is 4. The Morgan fingerprint density at radius 2 is 2.00 bits per heavy atom. The summed E-state index contributed by atoms with van der Waals surface area (Å²) in [6.45, 7) is 3.81. The third-order valence-corrected chi connectivity index (χ3v) is 3.03. The third kappa shape index (κ3) is 2.96. The number of hydrogen-bond donors (Lipinski definition) is 1. The SMILES string of the molecule is CCC(C)N(CC(=O)O)c1nnc2ccccc2n1. The molecular formula is C13H16N4O2. The van der Waals surface area contributed by atoms with Gasteiger partial charge in [-0.3, -0.25) is 4.79 Å². The molecule has 0 aliphatic rings. The zero-order chi connectivity index (χ0) is 13.8. The first-order valence-electron chi connectivity index (χ1n) is 6.19. The second-order valence-corrected chi connectivity index (χ2v) is 4.38. The van der Waals surface area contributed by atoms with Gasteiger partial charge in [0.15, 0.2) is 0 Å². The number of benzene rings is 1. The molecule has 1 aromatic heterocycles. The second-order valence-electron chi connectivity index (χ2n) is 4.38. The Hall–Kier alpha value is -2.24. The van der Waals surface area contributed by atoms with Crippen LogP contribution in [0.1, 0.15) is 20.3 Å². The number of rotatable bonds is 5. The molecule has 0 amide bonds. The minimum Gasteiger partial charge on any atom is -0.480 e. The van der Waals surface area contributed by atoms with Crippen molar-refractivity contribution in [2.24, 2.45) is 0 Å². The van der Waals surface area contributed by atoms with Crippen LogP contribution in [0.15, 0.2) is 24.3 Å². The lowest BCUT2D eigenvalue weighted by atomic mass is 10.2. The van der Waals surface area contributed by atoms with E-state index in [-0.39, 0.29) is 12.6 Å². The molecule has 1 heterocycles. The number of aromatic nitrogens is 3. The fourth-order valence-corrected chi connectivity index (χ4v) is 1.78. The summed E-state index contributed by atoms with van der Waals surface area (Å²) in [6.07, 6.45) is 0.809. The number of hydrogen-bond acceptors (Lipinski definition) is 5. The third-order valence-electron chi connectivity index (χ3n) is 3.03. The Labute approximate surface area is 111 Å². The van der Waals surface area contributed by atoms with Crippen molar-refractivity contribution in [2.45, 2.75) is 26.3 Å². The first-order valence-corrected chi connectivity index (χ1v) is 6.19. The van der Waals surface area contributed by atoms with Crippen molar-refractivity contribution in [1.82, 2.24) is 15.2 Å². The molecule has 100 valence electrons. The molecule has 0 bridgehead atoms. The van der Waals surface area contributed by atoms with Gasteiger partial charge in [-0.05, 0) is 25.5 Å². The van der Waals surface area contributed by atoms with Crippen molar-refractivity contribution in [3.8, 4) is 0 Å². The second kappa shape index (κ2) is 5.60. The molecule has 2 rings (SSSR count). The Morgan fingerprint density at radius 3 is 2.63 bits per heavy atom. The van der Waals surface area contributed by atoms with E-state index in [1.165, 1.54) is 0 Å². The van der Waals surface area contributed by atoms with Crippen LogP contribution in [0, 0.1) is 0 Å². The summed E-state index contributed by atoms with van der Waals surface area (Å²) < 4.78 is 0. The van der Waals surface area contributed by atoms with Gasteiger partial charge >= 0.3 is 5.97 Å². The fraction of sp³-hybridized carbons (Fsp3) is 0.385. The van der Waals surface area contributed by atoms with Crippen LogP contribution >= 0.6 is 0 Å². The van der Waals surface area contributed by atoms with Crippen molar-refractivity contribution in [1.29, 1.82) is 0 Å². The van der Waals surface area contributed by atoms with Gasteiger partial charge in [-0.2, -0.15) is 0 Å². The van der Waals surface area contributed by atoms with E-state index in [0.29, 0.717) is 17.0 Å². The number of carboxylic acid groups (broad SMARTS) is 1. The minimum absolute atomic E-state index is 0.0408. The summed E-state index contributed by atoms with van der Waals surface area (Å²) >= 11 is 0. The number of carboxylic acids is 1. The number of aliphatic carboxylic acids is 1. The molecule has 0 saturated carbocycles. The maximum Gasteiger partial charge on any atom is 0.323 e. The van der Waals surface area contributed by atoms with E-state index in [2.05, 4.69) is 15.2 Å². The van der Waals surface area contributed by atoms with E-state index in [4.69, 9.17) is 5.11 Å². The van der Waals surface area contributed by atoms with Crippen LogP contribution in [0.4, 0.5) is 5.95 Å². The maximum atomic E-state index is 10.9. The van der Waals surface area contributed by atoms with Crippen LogP contribution < -0.4 is 4.90 Å². The highest BCUT2D eigenvalue weighted by molar-refractivity contribution is 5.76. The fourth-order valence-electron chi connectivity index (χ4n) is 1.78. The molecule has 0 aliphatic carbocycles. The smallest absolute Gasteiger partial charge is 0.323 e. The Morgan fingerprint density at radius 1 is 1.32 bits per heavy atom. The summed E-state index contributed by atoms with van der Waals surface area (Å²) in [5, 5.41) is 17.1. The molecule has 2 aromatic rings. The molecule has 0 spiro atoms. The van der Waals surface area contributed by atoms with Gasteiger partial charge in [-0.25, -0.2) is 4.98 Å². The first-order chi connectivity index (χ1) is 9.11. The molecule has 1 aromatic carbocycles. The van der Waals surface area contributed by atoms with Gasteiger partial charge in [0.25, 0.3) is 0 Å². The number of anilines is 1. The van der Waals surface area contributed by atoms with Gasteiger partial charge in [-0.15, -0.1) is 10.2 Å². The van der Waals surface area contributed by atoms with Gasteiger partial charge in [0.1, 0.15) is 12.1 Å². The summed E-state index contributed by atoms with van der Waals surface area (Å²) in [6, 6.07) is 7.43. The van der Waals surface area contributed by atoms with Gasteiger partial charge in [0.05, 0.1) is 5.52 Å². The highest BCUT2D eigenvalue weighted by Crippen LogP contribution is 2.15. The van der Waals surface area contributed by atoms with Crippen molar-refractivity contribution in [3.63, 3.8) is 0 Å². The standard InChI is InChI=1S/C13H16N4O2/c1-3-9(2)17(8-12(18)19)13-14-10-6-4-5-7-11(10)15-16-13/h4-7,9H,3,8H2,1-2H3,(H,18,19). The summed E-state index contributed by atoms with van der Waals surface area (Å²) in [7, 11) is 0. The summed E-state index contributed by atoms with van der Waals surface area (Å²) in [4.78, 5) is 17.0. The van der Waals surface area contributed by atoms with E-state index in [0.717, 1.165) is 6.42 Å². The summed E-state index contributed by atoms with van der Waals surface area (Å²) in [5.74, 6) is -0.549. The predicted molar refractivity (Wildman–Crippen MR) is 72.1 cm³/mol. The minimum atomic E-state index is -0.906. The average molecular weight is 260 g/mol. The zero-order valence-corrected chi connectivity index (χ0v) is 10.9. The van der Waals surface area contributed by atoms with E-state index < -0.39 is 5.97 Å². The average Bonchev–Trinajstić information content (AvgIpc) is 2.43. The van der Waals surface area contributed by atoms with Gasteiger partial charge < -0.3 is 10.0 Å². The van der Waals surface area contributed by atoms with E-state index in [1.54, 1.807) is 4.90 Å². The molecule has 1 atom stereocenters. The predicted octanol–water partition coefficient (Wildman–Crippen LogP) is 1.71. The molecule has 0 radical (unpaired) electrons. The van der Waals surface area contributed by atoms with Crippen molar-refractivity contribution < 1.29 is 9.90 Å². The van der Waals surface area contributed by atoms with Crippen molar-refractivity contribution in [3.05, 3.63) is 24.3 Å². The Bertz CT molecular complexity index is 588. The number of carbonyl (C=O) groups is 1. The molecule has 1 N–H and O–H groups in total. The highest BCUT2D eigenvalue weighted by Gasteiger charge is 2.19. The summed E-state index contributed by atoms with van der Waals surface area (Å²) in [5.41, 5.74) is 1.41. The van der Waals surface area contributed by atoms with Gasteiger partial charge in [0.2, 0.25) is 5.95 Å². The molecule has 0 aliphatic heterocycles. The lowest BCUT2D eigenvalue weighted by Gasteiger charge is -2.26. The molecule has 1 unspecified atom stereocenters. The molecular weight excluding hydrogens is 244 g/mol.